The molecule has 6 heteroatoms. The van der Waals surface area contributed by atoms with Crippen molar-refractivity contribution in [2.45, 2.75) is 43.9 Å². The molecule has 0 bridgehead atoms. The summed E-state index contributed by atoms with van der Waals surface area (Å²) in [4.78, 5) is 13.6. The molecule has 0 aromatic heterocycles. The molecule has 112 valence electrons. The van der Waals surface area contributed by atoms with Gasteiger partial charge >= 0.3 is 0 Å². The molecule has 1 aromatic carbocycles. The number of benzene rings is 1. The highest BCUT2D eigenvalue weighted by Gasteiger charge is 2.12. The summed E-state index contributed by atoms with van der Waals surface area (Å²) in [5.74, 6) is 0.0319. The number of hydrogen-bond donors (Lipinski definition) is 1. The van der Waals surface area contributed by atoms with E-state index in [4.69, 9.17) is 5.14 Å². The molecule has 1 rings (SSSR count). The summed E-state index contributed by atoms with van der Waals surface area (Å²) in [6, 6.07) is 5.99. The number of nitrogens with zero attached hydrogens (tertiary/aromatic N) is 1. The van der Waals surface area contributed by atoms with Crippen molar-refractivity contribution in [2.24, 2.45) is 5.14 Å². The molecule has 0 aliphatic rings. The molecule has 0 spiro atoms. The average molecular weight is 298 g/mol. The lowest BCUT2D eigenvalue weighted by Crippen LogP contribution is -2.25. The van der Waals surface area contributed by atoms with E-state index in [1.54, 1.807) is 24.1 Å². The summed E-state index contributed by atoms with van der Waals surface area (Å²) in [6.45, 7) is 2.13. The minimum Gasteiger partial charge on any atom is -0.316 e. The van der Waals surface area contributed by atoms with Crippen molar-refractivity contribution in [3.63, 3.8) is 0 Å². The van der Waals surface area contributed by atoms with Crippen LogP contribution >= 0.6 is 0 Å². The minimum absolute atomic E-state index is 0.0319. The second-order valence-corrected chi connectivity index (χ2v) is 6.36. The quantitative estimate of drug-likeness (QED) is 0.784. The van der Waals surface area contributed by atoms with Crippen LogP contribution in [0, 0.1) is 0 Å². The Morgan fingerprint density at radius 2 is 1.75 bits per heavy atom. The maximum Gasteiger partial charge on any atom is 0.238 e. The number of anilines is 1. The summed E-state index contributed by atoms with van der Waals surface area (Å²) in [5.41, 5.74) is 0.665. The standard InChI is InChI=1S/C14H22N2O3S/c1-3-4-5-6-7-14(17)16(2)12-8-10-13(11-9-12)20(15,18)19/h8-11H,3-7H2,1-2H3,(H2,15,18,19). The Hall–Kier alpha value is -1.40. The lowest BCUT2D eigenvalue weighted by atomic mass is 10.1. The van der Waals surface area contributed by atoms with Gasteiger partial charge in [-0.25, -0.2) is 13.6 Å². The van der Waals surface area contributed by atoms with E-state index in [0.717, 1.165) is 25.7 Å². The molecule has 1 aromatic rings. The van der Waals surface area contributed by atoms with Gasteiger partial charge in [0.25, 0.3) is 0 Å². The van der Waals surface area contributed by atoms with E-state index >= 15 is 0 Å². The Labute approximate surface area is 120 Å². The van der Waals surface area contributed by atoms with E-state index in [0.29, 0.717) is 12.1 Å². The van der Waals surface area contributed by atoms with Gasteiger partial charge < -0.3 is 4.90 Å². The van der Waals surface area contributed by atoms with E-state index in [1.165, 1.54) is 12.1 Å². The van der Waals surface area contributed by atoms with E-state index in [-0.39, 0.29) is 10.8 Å². The molecule has 0 fully saturated rings. The van der Waals surface area contributed by atoms with Crippen LogP contribution in [-0.2, 0) is 14.8 Å². The number of carbonyl (C=O) groups excluding carboxylic acids is 1. The maximum absolute atomic E-state index is 12.0. The molecule has 0 aliphatic carbocycles. The molecule has 0 radical (unpaired) electrons. The Bertz CT molecular complexity index is 538. The number of primary sulfonamides is 1. The first kappa shape index (κ1) is 16.7. The van der Waals surface area contributed by atoms with Gasteiger partial charge in [0, 0.05) is 19.2 Å². The molecule has 20 heavy (non-hydrogen) atoms. The topological polar surface area (TPSA) is 80.5 Å². The van der Waals surface area contributed by atoms with Crippen LogP contribution in [0.1, 0.15) is 39.0 Å². The van der Waals surface area contributed by atoms with E-state index in [9.17, 15) is 13.2 Å². The largest absolute Gasteiger partial charge is 0.316 e. The zero-order chi connectivity index (χ0) is 15.2. The van der Waals surface area contributed by atoms with E-state index in [2.05, 4.69) is 6.92 Å². The second kappa shape index (κ2) is 7.40. The second-order valence-electron chi connectivity index (χ2n) is 4.80. The van der Waals surface area contributed by atoms with Crippen molar-refractivity contribution in [1.29, 1.82) is 0 Å². The molecule has 0 saturated carbocycles. The Kier molecular flexibility index (Phi) is 6.16. The zero-order valence-corrected chi connectivity index (χ0v) is 12.8. The highest BCUT2D eigenvalue weighted by Crippen LogP contribution is 2.17. The number of nitrogens with two attached hydrogens (primary N) is 1. The summed E-state index contributed by atoms with van der Waals surface area (Å²) < 4.78 is 22.3. The van der Waals surface area contributed by atoms with Gasteiger partial charge in [-0.05, 0) is 30.7 Å². The minimum atomic E-state index is -3.69. The normalized spacial score (nSPS) is 11.3. The Balaban J connectivity index is 2.63. The maximum atomic E-state index is 12.0. The van der Waals surface area contributed by atoms with Crippen LogP contribution in [0.3, 0.4) is 0 Å². The van der Waals surface area contributed by atoms with Crippen molar-refractivity contribution < 1.29 is 13.2 Å². The summed E-state index contributed by atoms with van der Waals surface area (Å²) >= 11 is 0. The van der Waals surface area contributed by atoms with Crippen LogP contribution < -0.4 is 10.0 Å². The highest BCUT2D eigenvalue weighted by molar-refractivity contribution is 7.89. The van der Waals surface area contributed by atoms with Gasteiger partial charge in [0.05, 0.1) is 4.90 Å². The molecule has 0 heterocycles. The van der Waals surface area contributed by atoms with Crippen molar-refractivity contribution in [3.8, 4) is 0 Å². The van der Waals surface area contributed by atoms with Gasteiger partial charge in [0.1, 0.15) is 0 Å². The summed E-state index contributed by atoms with van der Waals surface area (Å²) in [7, 11) is -2.00. The van der Waals surface area contributed by atoms with E-state index in [1.807, 2.05) is 0 Å². The van der Waals surface area contributed by atoms with Crippen molar-refractivity contribution in [1.82, 2.24) is 0 Å². The van der Waals surface area contributed by atoms with E-state index < -0.39 is 10.0 Å². The third-order valence-corrected chi connectivity index (χ3v) is 4.10. The highest BCUT2D eigenvalue weighted by atomic mass is 32.2. The fourth-order valence-corrected chi connectivity index (χ4v) is 2.39. The Morgan fingerprint density at radius 1 is 1.15 bits per heavy atom. The smallest absolute Gasteiger partial charge is 0.238 e. The monoisotopic (exact) mass is 298 g/mol. The van der Waals surface area contributed by atoms with Crippen LogP contribution in [0.25, 0.3) is 0 Å². The first-order valence-corrected chi connectivity index (χ1v) is 8.30. The molecule has 1 amide bonds. The molecule has 2 N–H and O–H groups in total. The molecule has 0 saturated heterocycles. The molecule has 0 atom stereocenters. The third-order valence-electron chi connectivity index (χ3n) is 3.17. The first-order chi connectivity index (χ1) is 9.36. The molecule has 5 nitrogen and oxygen atoms in total. The predicted octanol–water partition coefficient (Wildman–Crippen LogP) is 2.27. The predicted molar refractivity (Wildman–Crippen MR) is 80.0 cm³/mol. The van der Waals surface area contributed by atoms with Crippen LogP contribution in [-0.4, -0.2) is 21.4 Å². The lowest BCUT2D eigenvalue weighted by Gasteiger charge is -2.17. The summed E-state index contributed by atoms with van der Waals surface area (Å²) in [6.07, 6.45) is 4.72. The number of amides is 1. The van der Waals surface area contributed by atoms with Gasteiger partial charge in [-0.1, -0.05) is 26.2 Å². The van der Waals surface area contributed by atoms with Crippen LogP contribution in [0.2, 0.25) is 0 Å². The van der Waals surface area contributed by atoms with Gasteiger partial charge in [-0.3, -0.25) is 4.79 Å². The number of carbonyl (C=O) groups is 1. The van der Waals surface area contributed by atoms with Gasteiger partial charge in [0.2, 0.25) is 15.9 Å². The number of hydrogen-bond acceptors (Lipinski definition) is 3. The molecule has 0 aliphatic heterocycles. The van der Waals surface area contributed by atoms with Crippen LogP contribution in [0.15, 0.2) is 29.2 Å². The molecular weight excluding hydrogens is 276 g/mol. The fraction of sp³-hybridized carbons (Fsp3) is 0.500. The van der Waals surface area contributed by atoms with Gasteiger partial charge in [-0.2, -0.15) is 0 Å². The average Bonchev–Trinajstić information content (AvgIpc) is 2.41. The lowest BCUT2D eigenvalue weighted by molar-refractivity contribution is -0.118. The van der Waals surface area contributed by atoms with Crippen molar-refractivity contribution in [3.05, 3.63) is 24.3 Å². The zero-order valence-electron chi connectivity index (χ0n) is 12.0. The van der Waals surface area contributed by atoms with Crippen LogP contribution in [0.5, 0.6) is 0 Å². The fourth-order valence-electron chi connectivity index (χ4n) is 1.87. The molecular formula is C14H22N2O3S. The SMILES string of the molecule is CCCCCCC(=O)N(C)c1ccc(S(N)(=O)=O)cc1. The van der Waals surface area contributed by atoms with Crippen LogP contribution in [0.4, 0.5) is 5.69 Å². The summed E-state index contributed by atoms with van der Waals surface area (Å²) in [5, 5.41) is 5.03. The number of sulfonamides is 1. The van der Waals surface area contributed by atoms with Gasteiger partial charge in [-0.15, -0.1) is 0 Å². The van der Waals surface area contributed by atoms with Gasteiger partial charge in [0.15, 0.2) is 0 Å². The Morgan fingerprint density at radius 3 is 2.25 bits per heavy atom. The van der Waals surface area contributed by atoms with Crippen molar-refractivity contribution >= 4 is 21.6 Å². The number of rotatable bonds is 7. The first-order valence-electron chi connectivity index (χ1n) is 6.75. The third kappa shape index (κ3) is 4.94. The number of unbranched alkanes of at least 4 members (excludes halogenated alkanes) is 3. The van der Waals surface area contributed by atoms with Crippen molar-refractivity contribution in [2.75, 3.05) is 11.9 Å². The molecule has 0 unspecified atom stereocenters.